The molecule has 2 aliphatic heterocycles. The molecule has 2 aliphatic rings. The van der Waals surface area contributed by atoms with Crippen LogP contribution in [0.15, 0.2) is 30.3 Å². The molecule has 4 rings (SSSR count). The van der Waals surface area contributed by atoms with E-state index in [-0.39, 0.29) is 6.04 Å². The third-order valence-corrected chi connectivity index (χ3v) is 4.78. The van der Waals surface area contributed by atoms with E-state index in [0.29, 0.717) is 12.6 Å². The molecule has 0 aromatic carbocycles. The van der Waals surface area contributed by atoms with Crippen molar-refractivity contribution >= 4 is 22.3 Å². The number of nitrogens with one attached hydrogen (secondary N) is 2. The van der Waals surface area contributed by atoms with Gasteiger partial charge < -0.3 is 20.1 Å². The number of allylic oxidation sites excluding steroid dienone is 2. The molecular formula is C19H25N5O2. The van der Waals surface area contributed by atoms with Crippen LogP contribution in [0.1, 0.15) is 32.0 Å². The number of hydrogen-bond acceptors (Lipinski definition) is 6. The number of pyridine rings is 1. The minimum atomic E-state index is 0.257. The van der Waals surface area contributed by atoms with Crippen LogP contribution < -0.4 is 10.6 Å². The number of nitrogens with zero attached hydrogens (tertiary/aromatic N) is 3. The zero-order chi connectivity index (χ0) is 18.1. The van der Waals surface area contributed by atoms with Crippen LogP contribution in [0.5, 0.6) is 0 Å². The Hall–Kier alpha value is -2.54. The van der Waals surface area contributed by atoms with Crippen molar-refractivity contribution in [2.24, 2.45) is 0 Å². The van der Waals surface area contributed by atoms with E-state index >= 15 is 0 Å². The third-order valence-electron chi connectivity index (χ3n) is 4.78. The van der Waals surface area contributed by atoms with Gasteiger partial charge in [-0.1, -0.05) is 0 Å². The molecule has 4 heterocycles. The van der Waals surface area contributed by atoms with Gasteiger partial charge in [0.1, 0.15) is 16.8 Å². The summed E-state index contributed by atoms with van der Waals surface area (Å²) in [6.45, 7) is 6.45. The number of dihydropyridines is 1. The first-order valence-corrected chi connectivity index (χ1v) is 9.07. The van der Waals surface area contributed by atoms with Gasteiger partial charge in [0.25, 0.3) is 0 Å². The maximum absolute atomic E-state index is 5.55. The van der Waals surface area contributed by atoms with Crippen molar-refractivity contribution in [3.63, 3.8) is 0 Å². The molecule has 7 nitrogen and oxygen atoms in total. The van der Waals surface area contributed by atoms with Gasteiger partial charge in [0.05, 0.1) is 43.9 Å². The van der Waals surface area contributed by atoms with Crippen molar-refractivity contribution < 1.29 is 9.47 Å². The summed E-state index contributed by atoms with van der Waals surface area (Å²) in [6.07, 6.45) is 6.78. The average molecular weight is 355 g/mol. The van der Waals surface area contributed by atoms with E-state index in [4.69, 9.17) is 14.5 Å². The number of hydrogen-bond donors (Lipinski definition) is 2. The van der Waals surface area contributed by atoms with Gasteiger partial charge in [-0.25, -0.2) is 4.98 Å². The van der Waals surface area contributed by atoms with Crippen LogP contribution >= 0.6 is 0 Å². The molecule has 0 aliphatic carbocycles. The second-order valence-corrected chi connectivity index (χ2v) is 6.93. The highest BCUT2D eigenvalue weighted by Gasteiger charge is 2.21. The summed E-state index contributed by atoms with van der Waals surface area (Å²) in [5.74, 6) is 0.880. The van der Waals surface area contributed by atoms with Crippen molar-refractivity contribution in [3.8, 4) is 0 Å². The van der Waals surface area contributed by atoms with E-state index in [1.807, 2.05) is 23.2 Å². The fourth-order valence-corrected chi connectivity index (χ4v) is 3.46. The third kappa shape index (κ3) is 3.03. The van der Waals surface area contributed by atoms with Gasteiger partial charge in [0.15, 0.2) is 0 Å². The van der Waals surface area contributed by atoms with Crippen LogP contribution in [-0.2, 0) is 9.47 Å². The van der Waals surface area contributed by atoms with Crippen molar-refractivity contribution in [1.29, 1.82) is 0 Å². The van der Waals surface area contributed by atoms with Crippen LogP contribution in [-0.4, -0.2) is 47.7 Å². The van der Waals surface area contributed by atoms with Gasteiger partial charge in [0.2, 0.25) is 0 Å². The van der Waals surface area contributed by atoms with Crippen molar-refractivity contribution in [3.05, 3.63) is 36.0 Å². The summed E-state index contributed by atoms with van der Waals surface area (Å²) in [4.78, 5) is 4.86. The van der Waals surface area contributed by atoms with Crippen LogP contribution in [0, 0.1) is 0 Å². The number of ether oxygens (including phenoxy) is 2. The molecule has 0 bridgehead atoms. The van der Waals surface area contributed by atoms with Crippen LogP contribution in [0.4, 0.5) is 5.69 Å². The van der Waals surface area contributed by atoms with E-state index in [1.165, 1.54) is 0 Å². The summed E-state index contributed by atoms with van der Waals surface area (Å²) in [5, 5.41) is 11.4. The highest BCUT2D eigenvalue weighted by molar-refractivity contribution is 5.91. The molecule has 0 spiro atoms. The molecule has 1 unspecified atom stereocenters. The Morgan fingerprint density at radius 1 is 1.42 bits per heavy atom. The zero-order valence-electron chi connectivity index (χ0n) is 15.5. The lowest BCUT2D eigenvalue weighted by Crippen LogP contribution is -2.20. The van der Waals surface area contributed by atoms with Crippen molar-refractivity contribution in [1.82, 2.24) is 20.1 Å². The number of aromatic nitrogens is 3. The number of methoxy groups -OCH3 is 1. The summed E-state index contributed by atoms with van der Waals surface area (Å²) in [5.41, 5.74) is 4.84. The number of anilines is 1. The Kier molecular flexibility index (Phi) is 4.55. The number of rotatable bonds is 5. The quantitative estimate of drug-likeness (QED) is 0.859. The smallest absolute Gasteiger partial charge is 0.124 e. The molecule has 1 fully saturated rings. The van der Waals surface area contributed by atoms with E-state index in [2.05, 4.69) is 35.6 Å². The van der Waals surface area contributed by atoms with Gasteiger partial charge >= 0.3 is 0 Å². The average Bonchev–Trinajstić information content (AvgIpc) is 3.31. The first-order chi connectivity index (χ1) is 12.7. The SMILES string of the molecule is COC1=C(c2cc(NC3CCOC3)c3c(cnn3C(C)C)n2)C=CNC1. The molecule has 26 heavy (non-hydrogen) atoms. The Balaban J connectivity index is 1.85. The molecule has 2 N–H and O–H groups in total. The van der Waals surface area contributed by atoms with Crippen molar-refractivity contribution in [2.75, 3.05) is 32.2 Å². The first kappa shape index (κ1) is 16.9. The largest absolute Gasteiger partial charge is 0.499 e. The Morgan fingerprint density at radius 2 is 2.31 bits per heavy atom. The minimum Gasteiger partial charge on any atom is -0.499 e. The fraction of sp³-hybridized carbons (Fsp3) is 0.474. The highest BCUT2D eigenvalue weighted by Crippen LogP contribution is 2.31. The molecule has 0 radical (unpaired) electrons. The van der Waals surface area contributed by atoms with Gasteiger partial charge in [-0.2, -0.15) is 5.10 Å². The molecule has 2 aromatic heterocycles. The Morgan fingerprint density at radius 3 is 3.04 bits per heavy atom. The van der Waals surface area contributed by atoms with E-state index in [1.54, 1.807) is 7.11 Å². The van der Waals surface area contributed by atoms with E-state index in [0.717, 1.165) is 53.4 Å². The first-order valence-electron chi connectivity index (χ1n) is 9.07. The highest BCUT2D eigenvalue weighted by atomic mass is 16.5. The Labute approximate surface area is 153 Å². The molecule has 0 amide bonds. The molecular weight excluding hydrogens is 330 g/mol. The molecule has 2 aromatic rings. The second-order valence-electron chi connectivity index (χ2n) is 6.93. The maximum atomic E-state index is 5.55. The van der Waals surface area contributed by atoms with Gasteiger partial charge in [0, 0.05) is 18.2 Å². The van der Waals surface area contributed by atoms with Gasteiger partial charge in [-0.3, -0.25) is 4.68 Å². The minimum absolute atomic E-state index is 0.257. The van der Waals surface area contributed by atoms with Gasteiger partial charge in [-0.15, -0.1) is 0 Å². The Bertz CT molecular complexity index is 862. The van der Waals surface area contributed by atoms with Crippen LogP contribution in [0.2, 0.25) is 0 Å². The van der Waals surface area contributed by atoms with Crippen LogP contribution in [0.3, 0.4) is 0 Å². The molecule has 138 valence electrons. The monoisotopic (exact) mass is 355 g/mol. The summed E-state index contributed by atoms with van der Waals surface area (Å²) in [7, 11) is 1.69. The number of fused-ring (bicyclic) bond motifs is 1. The maximum Gasteiger partial charge on any atom is 0.124 e. The second kappa shape index (κ2) is 6.99. The molecule has 1 saturated heterocycles. The van der Waals surface area contributed by atoms with E-state index in [9.17, 15) is 0 Å². The zero-order valence-corrected chi connectivity index (χ0v) is 15.5. The molecule has 0 saturated carbocycles. The summed E-state index contributed by atoms with van der Waals surface area (Å²) in [6, 6.07) is 2.67. The molecule has 1 atom stereocenters. The van der Waals surface area contributed by atoms with E-state index < -0.39 is 0 Å². The summed E-state index contributed by atoms with van der Waals surface area (Å²) >= 11 is 0. The fourth-order valence-electron chi connectivity index (χ4n) is 3.46. The van der Waals surface area contributed by atoms with Crippen molar-refractivity contribution in [2.45, 2.75) is 32.4 Å². The van der Waals surface area contributed by atoms with Gasteiger partial charge in [-0.05, 0) is 38.6 Å². The summed E-state index contributed by atoms with van der Waals surface area (Å²) < 4.78 is 13.1. The lowest BCUT2D eigenvalue weighted by molar-refractivity contribution is 0.195. The predicted octanol–water partition coefficient (Wildman–Crippen LogP) is 2.69. The normalized spacial score (nSPS) is 20.1. The molecule has 7 heteroatoms. The lowest BCUT2D eigenvalue weighted by Gasteiger charge is -2.19. The lowest BCUT2D eigenvalue weighted by atomic mass is 10.1. The standard InChI is InChI=1S/C19H25N5O2/c1-12(2)24-19-16(22-13-5-7-26-11-13)8-15(23-17(19)9-21-24)14-4-6-20-10-18(14)25-3/h4,6,8-9,12-13,20H,5,7,10-11H2,1-3H3,(H,22,23). The van der Waals surface area contributed by atoms with Crippen LogP contribution in [0.25, 0.3) is 16.6 Å². The predicted molar refractivity (Wildman–Crippen MR) is 102 cm³/mol. The topological polar surface area (TPSA) is 73.2 Å².